The largest absolute Gasteiger partial charge is 0.485 e. The molecule has 0 saturated heterocycles. The predicted octanol–water partition coefficient (Wildman–Crippen LogP) is 6.33. The van der Waals surface area contributed by atoms with Gasteiger partial charge in [-0.2, -0.15) is 0 Å². The van der Waals surface area contributed by atoms with Gasteiger partial charge < -0.3 is 4.74 Å². The molecule has 32 heavy (non-hydrogen) atoms. The molecule has 0 spiro atoms. The Kier molecular flexibility index (Phi) is 7.74. The third kappa shape index (κ3) is 5.21. The fourth-order valence-electron chi connectivity index (χ4n) is 2.73. The number of anilines is 1. The molecular weight excluding hydrogens is 589 g/mol. The maximum atomic E-state index is 12.4. The molecule has 3 amide bonds. The van der Waals surface area contributed by atoms with Gasteiger partial charge >= 0.3 is 6.03 Å². The van der Waals surface area contributed by atoms with E-state index in [1.54, 1.807) is 12.1 Å². The number of nitrogens with zero attached hydrogens (tertiary/aromatic N) is 3. The first-order valence-electron chi connectivity index (χ1n) is 8.80. The van der Waals surface area contributed by atoms with E-state index in [0.29, 0.717) is 22.0 Å². The number of amides is 3. The van der Waals surface area contributed by atoms with Gasteiger partial charge in [-0.3, -0.25) is 19.4 Å². The Bertz CT molecular complexity index is 1210. The van der Waals surface area contributed by atoms with Gasteiger partial charge in [0.05, 0.1) is 16.4 Å². The normalized spacial score (nSPS) is 11.5. The zero-order chi connectivity index (χ0) is 23.8. The zero-order valence-corrected chi connectivity index (χ0v) is 21.8. The number of imidazole rings is 1. The molecular formula is C19H14BrCl5N4O3. The lowest BCUT2D eigenvalue weighted by molar-refractivity contribution is -0.119. The Labute approximate surface area is 216 Å². The minimum atomic E-state index is -2.29. The first-order valence-corrected chi connectivity index (χ1v) is 11.5. The lowest BCUT2D eigenvalue weighted by Gasteiger charge is -2.22. The number of carbonyl (C=O) groups is 2. The summed E-state index contributed by atoms with van der Waals surface area (Å²) >= 11 is 32.8. The molecule has 0 radical (unpaired) electrons. The average molecular weight is 604 g/mol. The fraction of sp³-hybridized carbons (Fsp3) is 0.211. The summed E-state index contributed by atoms with van der Waals surface area (Å²) in [4.78, 5) is 29.7. The van der Waals surface area contributed by atoms with Crippen LogP contribution in [-0.4, -0.2) is 32.2 Å². The van der Waals surface area contributed by atoms with Gasteiger partial charge in [0.1, 0.15) is 11.2 Å². The summed E-state index contributed by atoms with van der Waals surface area (Å²) in [5.41, 5.74) is 2.11. The number of halogens is 6. The second kappa shape index (κ2) is 9.83. The van der Waals surface area contributed by atoms with Crippen LogP contribution >= 0.6 is 73.9 Å². The molecule has 0 aliphatic rings. The van der Waals surface area contributed by atoms with E-state index in [1.807, 2.05) is 28.9 Å². The number of carbonyl (C=O) groups excluding carboxylic acids is 2. The Balaban J connectivity index is 1.85. The summed E-state index contributed by atoms with van der Waals surface area (Å²) in [5.74, 6) is -0.583. The third-order valence-electron chi connectivity index (χ3n) is 4.40. The van der Waals surface area contributed by atoms with E-state index in [4.69, 9.17) is 62.7 Å². The summed E-state index contributed by atoms with van der Waals surface area (Å²) in [6.45, 7) is 1.86. The molecule has 0 fully saturated rings. The number of hydrogen-bond acceptors (Lipinski definition) is 4. The van der Waals surface area contributed by atoms with Crippen LogP contribution < -0.4 is 15.0 Å². The highest BCUT2D eigenvalue weighted by Crippen LogP contribution is 2.35. The van der Waals surface area contributed by atoms with Crippen LogP contribution in [0.5, 0.6) is 5.75 Å². The molecule has 0 aliphatic carbocycles. The van der Waals surface area contributed by atoms with Crippen molar-refractivity contribution in [2.24, 2.45) is 0 Å². The number of alkyl halides is 3. The van der Waals surface area contributed by atoms with E-state index in [0.717, 1.165) is 15.2 Å². The van der Waals surface area contributed by atoms with Crippen molar-refractivity contribution >= 4 is 97.2 Å². The minimum Gasteiger partial charge on any atom is -0.485 e. The van der Waals surface area contributed by atoms with E-state index < -0.39 is 15.7 Å². The zero-order valence-electron chi connectivity index (χ0n) is 16.4. The van der Waals surface area contributed by atoms with Crippen molar-refractivity contribution in [3.63, 3.8) is 0 Å². The number of aromatic nitrogens is 2. The number of hydrogen-bond donors (Lipinski definition) is 1. The highest BCUT2D eigenvalue weighted by atomic mass is 79.9. The molecule has 170 valence electrons. The molecule has 1 aromatic carbocycles. The van der Waals surface area contributed by atoms with Crippen molar-refractivity contribution < 1.29 is 14.3 Å². The Morgan fingerprint density at radius 3 is 2.59 bits per heavy atom. The summed E-state index contributed by atoms with van der Waals surface area (Å²) in [6, 6.07) is 5.80. The molecule has 0 aliphatic heterocycles. The van der Waals surface area contributed by atoms with Crippen molar-refractivity contribution in [2.75, 3.05) is 11.9 Å². The number of ether oxygens (including phenoxy) is 1. The number of pyridine rings is 1. The first kappa shape index (κ1) is 25.2. The second-order valence-electron chi connectivity index (χ2n) is 6.52. The monoisotopic (exact) mass is 600 g/mol. The molecule has 0 bridgehead atoms. The maximum Gasteiger partial charge on any atom is 0.328 e. The van der Waals surface area contributed by atoms with Crippen LogP contribution in [0.25, 0.3) is 5.65 Å². The van der Waals surface area contributed by atoms with Crippen LogP contribution in [0.4, 0.5) is 10.5 Å². The molecule has 0 atom stereocenters. The van der Waals surface area contributed by atoms with Crippen LogP contribution in [0.3, 0.4) is 0 Å². The molecule has 1 N–H and O–H groups in total. The smallest absolute Gasteiger partial charge is 0.328 e. The molecule has 13 heteroatoms. The lowest BCUT2D eigenvalue weighted by Crippen LogP contribution is -2.45. The number of nitrogens with one attached hydrogen (secondary N) is 1. The standard InChI is InChI=1S/C19H14BrCl5N4O3/c1-9-15(20)29-7-3-4-13(16(29)26-9)32-8-10-11(21)5-6-12(14(10)22)28(2)18(31)27-17(30)19(23,24)25/h3-7H,8H2,1-2H3,(H,27,30,31). The first-order chi connectivity index (χ1) is 14.9. The summed E-state index contributed by atoms with van der Waals surface area (Å²) in [7, 11) is 1.40. The van der Waals surface area contributed by atoms with E-state index in [-0.39, 0.29) is 17.3 Å². The summed E-state index contributed by atoms with van der Waals surface area (Å²) in [6.07, 6.45) is 1.85. The third-order valence-corrected chi connectivity index (χ3v) is 6.64. The van der Waals surface area contributed by atoms with E-state index in [2.05, 4.69) is 20.9 Å². The number of fused-ring (bicyclic) bond motifs is 1. The number of aryl methyl sites for hydroxylation is 1. The number of imide groups is 1. The summed E-state index contributed by atoms with van der Waals surface area (Å²) < 4.78 is 6.30. The molecule has 3 rings (SSSR count). The average Bonchev–Trinajstić information content (AvgIpc) is 3.01. The highest BCUT2D eigenvalue weighted by molar-refractivity contribution is 9.10. The minimum absolute atomic E-state index is 0.00273. The molecule has 7 nitrogen and oxygen atoms in total. The van der Waals surface area contributed by atoms with Gasteiger partial charge in [-0.1, -0.05) is 58.0 Å². The van der Waals surface area contributed by atoms with Crippen molar-refractivity contribution in [3.05, 3.63) is 56.4 Å². The number of urea groups is 1. The van der Waals surface area contributed by atoms with Gasteiger partial charge in [-0.05, 0) is 47.1 Å². The molecule has 0 saturated carbocycles. The Morgan fingerprint density at radius 2 is 1.94 bits per heavy atom. The SMILES string of the molecule is Cc1nc2c(OCc3c(Cl)ccc(N(C)C(=O)NC(=O)C(Cl)(Cl)Cl)c3Cl)cccn2c1Br. The molecule has 3 aromatic rings. The van der Waals surface area contributed by atoms with Crippen molar-refractivity contribution in [3.8, 4) is 5.75 Å². The quantitative estimate of drug-likeness (QED) is 0.354. The lowest BCUT2D eigenvalue weighted by atomic mass is 10.2. The number of rotatable bonds is 4. The molecule has 2 aromatic heterocycles. The molecule has 0 unspecified atom stereocenters. The van der Waals surface area contributed by atoms with E-state index in [9.17, 15) is 9.59 Å². The highest BCUT2D eigenvalue weighted by Gasteiger charge is 2.33. The van der Waals surface area contributed by atoms with Gasteiger partial charge in [0.25, 0.3) is 9.70 Å². The second-order valence-corrected chi connectivity index (χ2v) is 10.3. The van der Waals surface area contributed by atoms with Crippen LogP contribution in [0.2, 0.25) is 10.0 Å². The Hall–Kier alpha value is -1.42. The number of benzene rings is 1. The Morgan fingerprint density at radius 1 is 1.25 bits per heavy atom. The van der Waals surface area contributed by atoms with Gasteiger partial charge in [-0.25, -0.2) is 9.78 Å². The van der Waals surface area contributed by atoms with E-state index >= 15 is 0 Å². The van der Waals surface area contributed by atoms with Crippen molar-refractivity contribution in [1.82, 2.24) is 14.7 Å². The van der Waals surface area contributed by atoms with Gasteiger partial charge in [0.2, 0.25) is 0 Å². The maximum absolute atomic E-state index is 12.4. The van der Waals surface area contributed by atoms with Gasteiger partial charge in [-0.15, -0.1) is 0 Å². The predicted molar refractivity (Wildman–Crippen MR) is 131 cm³/mol. The topological polar surface area (TPSA) is 75.9 Å². The van der Waals surface area contributed by atoms with Crippen molar-refractivity contribution in [1.29, 1.82) is 0 Å². The van der Waals surface area contributed by atoms with Crippen LogP contribution in [0.1, 0.15) is 11.3 Å². The van der Waals surface area contributed by atoms with Crippen molar-refractivity contribution in [2.45, 2.75) is 17.3 Å². The van der Waals surface area contributed by atoms with Gasteiger partial charge in [0, 0.05) is 23.8 Å². The molecule has 2 heterocycles. The van der Waals surface area contributed by atoms with E-state index in [1.165, 1.54) is 13.1 Å². The summed E-state index contributed by atoms with van der Waals surface area (Å²) in [5, 5.41) is 2.47. The fourth-order valence-corrected chi connectivity index (χ4v) is 3.85. The van der Waals surface area contributed by atoms with Gasteiger partial charge in [0.15, 0.2) is 11.4 Å². The van der Waals surface area contributed by atoms with Crippen LogP contribution in [0.15, 0.2) is 35.1 Å². The van der Waals surface area contributed by atoms with Crippen LogP contribution in [0, 0.1) is 6.92 Å². The van der Waals surface area contributed by atoms with Crippen LogP contribution in [-0.2, 0) is 11.4 Å².